The van der Waals surface area contributed by atoms with Crippen molar-refractivity contribution in [3.05, 3.63) is 58.5 Å². The average molecular weight is 351 g/mol. The van der Waals surface area contributed by atoms with E-state index in [2.05, 4.69) is 45.3 Å². The van der Waals surface area contributed by atoms with E-state index in [1.54, 1.807) is 12.1 Å². The molecule has 2 aromatic rings. The minimum absolute atomic E-state index is 0.175. The molecule has 0 aliphatic carbocycles. The molecule has 0 bridgehead atoms. The molecule has 112 valence electrons. The SMILES string of the molecule is CN(CCCNC(=O)c1ccc(Br)o1)Cc1ccccc1. The summed E-state index contributed by atoms with van der Waals surface area (Å²) in [5.74, 6) is 0.158. The van der Waals surface area contributed by atoms with Crippen LogP contribution in [0.3, 0.4) is 0 Å². The highest BCUT2D eigenvalue weighted by Crippen LogP contribution is 2.13. The first-order valence-corrected chi connectivity index (χ1v) is 7.70. The van der Waals surface area contributed by atoms with Gasteiger partial charge in [0.1, 0.15) is 0 Å². The van der Waals surface area contributed by atoms with Crippen LogP contribution in [0, 0.1) is 0 Å². The summed E-state index contributed by atoms with van der Waals surface area (Å²) in [5.41, 5.74) is 1.30. The standard InChI is InChI=1S/C16H19BrN2O2/c1-19(12-13-6-3-2-4-7-13)11-5-10-18-16(20)14-8-9-15(17)21-14/h2-4,6-9H,5,10-12H2,1H3,(H,18,20). The maximum atomic E-state index is 11.8. The van der Waals surface area contributed by atoms with Gasteiger partial charge in [-0.15, -0.1) is 0 Å². The van der Waals surface area contributed by atoms with E-state index in [9.17, 15) is 4.79 Å². The van der Waals surface area contributed by atoms with Gasteiger partial charge in [-0.25, -0.2) is 0 Å². The molecule has 0 unspecified atom stereocenters. The first kappa shape index (κ1) is 15.8. The second kappa shape index (κ2) is 8.00. The molecule has 0 aliphatic rings. The van der Waals surface area contributed by atoms with E-state index in [1.807, 2.05) is 18.2 Å². The Labute approximate surface area is 133 Å². The number of amides is 1. The quantitative estimate of drug-likeness (QED) is 0.779. The van der Waals surface area contributed by atoms with Crippen LogP contribution in [0.2, 0.25) is 0 Å². The third-order valence-electron chi connectivity index (χ3n) is 3.09. The highest BCUT2D eigenvalue weighted by molar-refractivity contribution is 9.10. The number of halogens is 1. The number of carbonyl (C=O) groups excluding carboxylic acids is 1. The topological polar surface area (TPSA) is 45.5 Å². The molecule has 2 rings (SSSR count). The molecule has 4 nitrogen and oxygen atoms in total. The molecule has 1 N–H and O–H groups in total. The molecular weight excluding hydrogens is 332 g/mol. The van der Waals surface area contributed by atoms with Gasteiger partial charge in [-0.2, -0.15) is 0 Å². The molecule has 0 saturated carbocycles. The summed E-state index contributed by atoms with van der Waals surface area (Å²) in [6.07, 6.45) is 0.900. The zero-order valence-electron chi connectivity index (χ0n) is 12.0. The Balaban J connectivity index is 1.64. The van der Waals surface area contributed by atoms with Crippen LogP contribution in [-0.2, 0) is 6.54 Å². The molecule has 0 fully saturated rings. The van der Waals surface area contributed by atoms with Crippen LogP contribution in [0.4, 0.5) is 0 Å². The molecule has 0 atom stereocenters. The van der Waals surface area contributed by atoms with Gasteiger partial charge in [0.25, 0.3) is 5.91 Å². The van der Waals surface area contributed by atoms with Crippen molar-refractivity contribution < 1.29 is 9.21 Å². The molecule has 1 amide bonds. The van der Waals surface area contributed by atoms with Gasteiger partial charge in [0.05, 0.1) is 0 Å². The summed E-state index contributed by atoms with van der Waals surface area (Å²) >= 11 is 3.18. The van der Waals surface area contributed by atoms with Gasteiger partial charge >= 0.3 is 0 Å². The van der Waals surface area contributed by atoms with Gasteiger partial charge in [-0.3, -0.25) is 4.79 Å². The number of rotatable bonds is 7. The number of hydrogen-bond acceptors (Lipinski definition) is 3. The lowest BCUT2D eigenvalue weighted by Gasteiger charge is -2.16. The molecule has 1 heterocycles. The monoisotopic (exact) mass is 350 g/mol. The van der Waals surface area contributed by atoms with E-state index < -0.39 is 0 Å². The van der Waals surface area contributed by atoms with Gasteiger partial charge in [-0.05, 0) is 53.6 Å². The van der Waals surface area contributed by atoms with E-state index in [0.717, 1.165) is 19.5 Å². The lowest BCUT2D eigenvalue weighted by atomic mass is 10.2. The smallest absolute Gasteiger partial charge is 0.287 e. The Morgan fingerprint density at radius 1 is 1.24 bits per heavy atom. The predicted octanol–water partition coefficient (Wildman–Crippen LogP) is 3.29. The fourth-order valence-corrected chi connectivity index (χ4v) is 2.36. The molecule has 0 radical (unpaired) electrons. The normalized spacial score (nSPS) is 10.8. The Morgan fingerprint density at radius 2 is 2.00 bits per heavy atom. The zero-order valence-corrected chi connectivity index (χ0v) is 13.6. The van der Waals surface area contributed by atoms with E-state index in [4.69, 9.17) is 4.42 Å². The number of benzene rings is 1. The van der Waals surface area contributed by atoms with Crippen LogP contribution in [0.25, 0.3) is 0 Å². The Hall–Kier alpha value is -1.59. The van der Waals surface area contributed by atoms with Gasteiger partial charge in [-0.1, -0.05) is 30.3 Å². The van der Waals surface area contributed by atoms with Crippen molar-refractivity contribution in [1.29, 1.82) is 0 Å². The number of carbonyl (C=O) groups is 1. The number of furan rings is 1. The molecule has 5 heteroatoms. The summed E-state index contributed by atoms with van der Waals surface area (Å²) in [4.78, 5) is 14.0. The first-order chi connectivity index (χ1) is 10.1. The third kappa shape index (κ3) is 5.36. The van der Waals surface area contributed by atoms with Crippen LogP contribution < -0.4 is 5.32 Å². The largest absolute Gasteiger partial charge is 0.444 e. The predicted molar refractivity (Wildman–Crippen MR) is 86.1 cm³/mol. The minimum Gasteiger partial charge on any atom is -0.444 e. The molecule has 21 heavy (non-hydrogen) atoms. The van der Waals surface area contributed by atoms with E-state index >= 15 is 0 Å². The molecule has 0 spiro atoms. The van der Waals surface area contributed by atoms with Crippen LogP contribution in [0.5, 0.6) is 0 Å². The van der Waals surface area contributed by atoms with E-state index in [1.165, 1.54) is 5.56 Å². The summed E-state index contributed by atoms with van der Waals surface area (Å²) in [6, 6.07) is 13.7. The molecule has 0 saturated heterocycles. The summed E-state index contributed by atoms with van der Waals surface area (Å²) < 4.78 is 5.76. The summed E-state index contributed by atoms with van der Waals surface area (Å²) in [6.45, 7) is 2.48. The van der Waals surface area contributed by atoms with Crippen LogP contribution in [0.1, 0.15) is 22.5 Å². The first-order valence-electron chi connectivity index (χ1n) is 6.91. The lowest BCUT2D eigenvalue weighted by Crippen LogP contribution is -2.27. The minimum atomic E-state index is -0.175. The summed E-state index contributed by atoms with van der Waals surface area (Å²) in [7, 11) is 2.08. The second-order valence-electron chi connectivity index (χ2n) is 4.94. The number of nitrogens with zero attached hydrogens (tertiary/aromatic N) is 1. The second-order valence-corrected chi connectivity index (χ2v) is 5.72. The third-order valence-corrected chi connectivity index (χ3v) is 3.52. The fourth-order valence-electron chi connectivity index (χ4n) is 2.05. The summed E-state index contributed by atoms with van der Waals surface area (Å²) in [5, 5.41) is 2.85. The van der Waals surface area contributed by atoms with Crippen molar-refractivity contribution in [2.75, 3.05) is 20.1 Å². The molecule has 1 aromatic carbocycles. The number of hydrogen-bond donors (Lipinski definition) is 1. The lowest BCUT2D eigenvalue weighted by molar-refractivity contribution is 0.0923. The van der Waals surface area contributed by atoms with Gasteiger partial charge in [0.15, 0.2) is 10.4 Å². The van der Waals surface area contributed by atoms with Crippen molar-refractivity contribution in [1.82, 2.24) is 10.2 Å². The van der Waals surface area contributed by atoms with Crippen LogP contribution in [0.15, 0.2) is 51.6 Å². The average Bonchev–Trinajstić information content (AvgIpc) is 2.91. The van der Waals surface area contributed by atoms with Gasteiger partial charge < -0.3 is 14.6 Å². The molecule has 1 aromatic heterocycles. The Kier molecular flexibility index (Phi) is 6.02. The maximum Gasteiger partial charge on any atom is 0.287 e. The van der Waals surface area contributed by atoms with Gasteiger partial charge in [0, 0.05) is 13.1 Å². The molecular formula is C16H19BrN2O2. The van der Waals surface area contributed by atoms with Crippen molar-refractivity contribution >= 4 is 21.8 Å². The maximum absolute atomic E-state index is 11.8. The number of nitrogens with one attached hydrogen (secondary N) is 1. The van der Waals surface area contributed by atoms with Crippen LogP contribution >= 0.6 is 15.9 Å². The van der Waals surface area contributed by atoms with Crippen molar-refractivity contribution in [3.63, 3.8) is 0 Å². The van der Waals surface area contributed by atoms with E-state index in [-0.39, 0.29) is 5.91 Å². The zero-order chi connectivity index (χ0) is 15.1. The Morgan fingerprint density at radius 3 is 2.67 bits per heavy atom. The van der Waals surface area contributed by atoms with Crippen molar-refractivity contribution in [2.24, 2.45) is 0 Å². The van der Waals surface area contributed by atoms with Crippen molar-refractivity contribution in [3.8, 4) is 0 Å². The van der Waals surface area contributed by atoms with E-state index in [0.29, 0.717) is 17.0 Å². The van der Waals surface area contributed by atoms with Crippen molar-refractivity contribution in [2.45, 2.75) is 13.0 Å². The molecule has 0 aliphatic heterocycles. The van der Waals surface area contributed by atoms with Gasteiger partial charge in [0.2, 0.25) is 0 Å². The van der Waals surface area contributed by atoms with Crippen LogP contribution in [-0.4, -0.2) is 30.9 Å². The highest BCUT2D eigenvalue weighted by atomic mass is 79.9. The fraction of sp³-hybridized carbons (Fsp3) is 0.312. The highest BCUT2D eigenvalue weighted by Gasteiger charge is 2.09. The Bertz CT molecular complexity index is 569.